The van der Waals surface area contributed by atoms with Crippen molar-refractivity contribution in [2.45, 2.75) is 17.6 Å². The first-order valence-corrected chi connectivity index (χ1v) is 8.21. The minimum absolute atomic E-state index is 0.164. The van der Waals surface area contributed by atoms with E-state index in [9.17, 15) is 18.0 Å². The van der Waals surface area contributed by atoms with Crippen molar-refractivity contribution in [2.75, 3.05) is 18.1 Å². The standard InChI is InChI=1S/C17H17F3N2OS/c1-21-16(23)13-8-6-12(7-9-13)10-22-14-4-2-3-5-15(14)24-11-17(18,19)20/h2-9,22H,10-11H2,1H3,(H,21,23). The van der Waals surface area contributed by atoms with Crippen LogP contribution in [0.4, 0.5) is 18.9 Å². The molecule has 0 atom stereocenters. The van der Waals surface area contributed by atoms with Gasteiger partial charge in [-0.15, -0.1) is 11.8 Å². The minimum atomic E-state index is -4.20. The lowest BCUT2D eigenvalue weighted by atomic mass is 10.1. The summed E-state index contributed by atoms with van der Waals surface area (Å²) in [5, 5.41) is 5.68. The van der Waals surface area contributed by atoms with Crippen molar-refractivity contribution in [2.24, 2.45) is 0 Å². The molecule has 0 saturated heterocycles. The number of alkyl halides is 3. The van der Waals surface area contributed by atoms with Crippen molar-refractivity contribution in [1.29, 1.82) is 0 Å². The molecule has 0 bridgehead atoms. The van der Waals surface area contributed by atoms with E-state index in [4.69, 9.17) is 0 Å². The van der Waals surface area contributed by atoms with Gasteiger partial charge in [-0.3, -0.25) is 4.79 Å². The Morgan fingerprint density at radius 2 is 1.75 bits per heavy atom. The lowest BCUT2D eigenvalue weighted by Crippen LogP contribution is -2.17. The van der Waals surface area contributed by atoms with Crippen LogP contribution in [0.1, 0.15) is 15.9 Å². The zero-order valence-electron chi connectivity index (χ0n) is 13.0. The maximum Gasteiger partial charge on any atom is 0.398 e. The molecule has 2 aromatic rings. The van der Waals surface area contributed by atoms with Gasteiger partial charge < -0.3 is 10.6 Å². The molecule has 0 aromatic heterocycles. The van der Waals surface area contributed by atoms with E-state index < -0.39 is 11.9 Å². The highest BCUT2D eigenvalue weighted by molar-refractivity contribution is 7.99. The summed E-state index contributed by atoms with van der Waals surface area (Å²) in [6, 6.07) is 13.9. The van der Waals surface area contributed by atoms with Crippen LogP contribution < -0.4 is 10.6 Å². The predicted molar refractivity (Wildman–Crippen MR) is 90.4 cm³/mol. The van der Waals surface area contributed by atoms with Crippen molar-refractivity contribution in [3.8, 4) is 0 Å². The first-order chi connectivity index (χ1) is 11.4. The summed E-state index contributed by atoms with van der Waals surface area (Å²) in [5.41, 5.74) is 2.14. The highest BCUT2D eigenvalue weighted by atomic mass is 32.2. The van der Waals surface area contributed by atoms with Crippen LogP contribution in [0.5, 0.6) is 0 Å². The number of carbonyl (C=O) groups excluding carboxylic acids is 1. The van der Waals surface area contributed by atoms with Gasteiger partial charge in [0.2, 0.25) is 0 Å². The number of anilines is 1. The fourth-order valence-corrected chi connectivity index (χ4v) is 2.80. The van der Waals surface area contributed by atoms with Gasteiger partial charge in [0, 0.05) is 29.7 Å². The number of benzene rings is 2. The molecule has 2 aromatic carbocycles. The molecule has 3 nitrogen and oxygen atoms in total. The zero-order valence-corrected chi connectivity index (χ0v) is 13.8. The molecule has 0 aliphatic heterocycles. The number of thioether (sulfide) groups is 1. The molecule has 0 radical (unpaired) electrons. The van der Waals surface area contributed by atoms with E-state index in [1.165, 1.54) is 0 Å². The number of hydrogen-bond acceptors (Lipinski definition) is 3. The van der Waals surface area contributed by atoms with Crippen LogP contribution in [0.3, 0.4) is 0 Å². The van der Waals surface area contributed by atoms with E-state index >= 15 is 0 Å². The summed E-state index contributed by atoms with van der Waals surface area (Å²) in [6.07, 6.45) is -4.20. The van der Waals surface area contributed by atoms with E-state index in [1.807, 2.05) is 12.1 Å². The number of hydrogen-bond donors (Lipinski definition) is 2. The smallest absolute Gasteiger partial charge is 0.380 e. The van der Waals surface area contributed by atoms with Crippen molar-refractivity contribution < 1.29 is 18.0 Å². The maximum absolute atomic E-state index is 12.4. The third kappa shape index (κ3) is 5.49. The fraction of sp³-hybridized carbons (Fsp3) is 0.235. The van der Waals surface area contributed by atoms with Gasteiger partial charge >= 0.3 is 6.18 Å². The van der Waals surface area contributed by atoms with Gasteiger partial charge in [0.25, 0.3) is 5.91 Å². The molecule has 0 aliphatic carbocycles. The summed E-state index contributed by atoms with van der Waals surface area (Å²) in [7, 11) is 1.56. The molecule has 2 rings (SSSR count). The number of para-hydroxylation sites is 1. The molecule has 0 spiro atoms. The third-order valence-corrected chi connectivity index (χ3v) is 4.34. The molecule has 0 saturated carbocycles. The van der Waals surface area contributed by atoms with E-state index in [0.29, 0.717) is 22.7 Å². The molecule has 7 heteroatoms. The van der Waals surface area contributed by atoms with Crippen LogP contribution in [0.15, 0.2) is 53.4 Å². The molecule has 128 valence electrons. The Balaban J connectivity index is 2.00. The lowest BCUT2D eigenvalue weighted by molar-refractivity contribution is -0.105. The highest BCUT2D eigenvalue weighted by Crippen LogP contribution is 2.32. The number of halogens is 3. The molecule has 0 fully saturated rings. The Morgan fingerprint density at radius 3 is 2.38 bits per heavy atom. The molecule has 0 aliphatic rings. The van der Waals surface area contributed by atoms with E-state index in [-0.39, 0.29) is 5.91 Å². The Morgan fingerprint density at radius 1 is 1.08 bits per heavy atom. The van der Waals surface area contributed by atoms with Crippen molar-refractivity contribution in [3.63, 3.8) is 0 Å². The van der Waals surface area contributed by atoms with Gasteiger partial charge in [-0.25, -0.2) is 0 Å². The SMILES string of the molecule is CNC(=O)c1ccc(CNc2ccccc2SCC(F)(F)F)cc1. The highest BCUT2D eigenvalue weighted by Gasteiger charge is 2.27. The monoisotopic (exact) mass is 354 g/mol. The minimum Gasteiger partial charge on any atom is -0.380 e. The lowest BCUT2D eigenvalue weighted by Gasteiger charge is -2.13. The predicted octanol–water partition coefficient (Wildman–Crippen LogP) is 4.31. The first kappa shape index (κ1) is 18.2. The van der Waals surface area contributed by atoms with Crippen LogP contribution in [-0.4, -0.2) is 24.9 Å². The van der Waals surface area contributed by atoms with E-state index in [1.54, 1.807) is 43.4 Å². The second-order valence-electron chi connectivity index (χ2n) is 5.03. The Labute approximate surface area is 142 Å². The first-order valence-electron chi connectivity index (χ1n) is 7.22. The van der Waals surface area contributed by atoms with Gasteiger partial charge in [0.15, 0.2) is 0 Å². The molecule has 1 amide bonds. The van der Waals surface area contributed by atoms with E-state index in [0.717, 1.165) is 17.3 Å². The number of rotatable bonds is 6. The number of amides is 1. The molecule has 0 heterocycles. The summed E-state index contributed by atoms with van der Waals surface area (Å²) >= 11 is 0.758. The normalized spacial score (nSPS) is 11.2. The summed E-state index contributed by atoms with van der Waals surface area (Å²) in [4.78, 5) is 12.0. The third-order valence-electron chi connectivity index (χ3n) is 3.20. The molecular formula is C17H17F3N2OS. The van der Waals surface area contributed by atoms with Crippen LogP contribution in [0, 0.1) is 0 Å². The van der Waals surface area contributed by atoms with E-state index in [2.05, 4.69) is 10.6 Å². The van der Waals surface area contributed by atoms with Crippen molar-refractivity contribution in [3.05, 3.63) is 59.7 Å². The number of carbonyl (C=O) groups is 1. The summed E-state index contributed by atoms with van der Waals surface area (Å²) in [6.45, 7) is 0.456. The summed E-state index contributed by atoms with van der Waals surface area (Å²) < 4.78 is 37.1. The number of nitrogens with one attached hydrogen (secondary N) is 2. The van der Waals surface area contributed by atoms with Crippen molar-refractivity contribution in [1.82, 2.24) is 5.32 Å². The van der Waals surface area contributed by atoms with Crippen LogP contribution in [0.25, 0.3) is 0 Å². The summed E-state index contributed by atoms with van der Waals surface area (Å²) in [5.74, 6) is -1.09. The second-order valence-corrected chi connectivity index (χ2v) is 6.05. The van der Waals surface area contributed by atoms with Gasteiger partial charge in [0.05, 0.1) is 5.75 Å². The quantitative estimate of drug-likeness (QED) is 0.760. The van der Waals surface area contributed by atoms with Gasteiger partial charge in [-0.05, 0) is 29.8 Å². The molecule has 0 unspecified atom stereocenters. The second kappa shape index (κ2) is 8.10. The van der Waals surface area contributed by atoms with Crippen LogP contribution >= 0.6 is 11.8 Å². The Kier molecular flexibility index (Phi) is 6.14. The van der Waals surface area contributed by atoms with Gasteiger partial charge in [-0.2, -0.15) is 13.2 Å². The fourth-order valence-electron chi connectivity index (χ4n) is 2.01. The largest absolute Gasteiger partial charge is 0.398 e. The molecule has 24 heavy (non-hydrogen) atoms. The zero-order chi connectivity index (χ0) is 17.6. The van der Waals surface area contributed by atoms with Crippen LogP contribution in [-0.2, 0) is 6.54 Å². The maximum atomic E-state index is 12.4. The van der Waals surface area contributed by atoms with Gasteiger partial charge in [-0.1, -0.05) is 24.3 Å². The average Bonchev–Trinajstić information content (AvgIpc) is 2.58. The Bertz CT molecular complexity index is 687. The van der Waals surface area contributed by atoms with Crippen molar-refractivity contribution >= 4 is 23.4 Å². The molecular weight excluding hydrogens is 337 g/mol. The Hall–Kier alpha value is -2.15. The molecule has 2 N–H and O–H groups in total. The topological polar surface area (TPSA) is 41.1 Å². The van der Waals surface area contributed by atoms with Gasteiger partial charge in [0.1, 0.15) is 0 Å². The average molecular weight is 354 g/mol. The van der Waals surface area contributed by atoms with Crippen LogP contribution in [0.2, 0.25) is 0 Å².